The zero-order valence-electron chi connectivity index (χ0n) is 13.0. The summed E-state index contributed by atoms with van der Waals surface area (Å²) in [6, 6.07) is 5.95. The van der Waals surface area contributed by atoms with E-state index in [-0.39, 0.29) is 13.2 Å². The van der Waals surface area contributed by atoms with Crippen molar-refractivity contribution in [3.05, 3.63) is 35.4 Å². The summed E-state index contributed by atoms with van der Waals surface area (Å²) in [6.07, 6.45) is -1.42. The average molecular weight is 338 g/mol. The van der Waals surface area contributed by atoms with Crippen LogP contribution in [-0.2, 0) is 28.4 Å². The van der Waals surface area contributed by atoms with E-state index in [0.29, 0.717) is 37.6 Å². The molecule has 0 aromatic heterocycles. The minimum absolute atomic E-state index is 0.208. The molecule has 0 N–H and O–H groups in total. The highest BCUT2D eigenvalue weighted by molar-refractivity contribution is 5.93. The van der Waals surface area contributed by atoms with E-state index in [9.17, 15) is 9.59 Å². The molecule has 0 saturated carbocycles. The quantitative estimate of drug-likeness (QED) is 0.743. The second-order valence-electron chi connectivity index (χ2n) is 5.14. The van der Waals surface area contributed by atoms with Gasteiger partial charge in [-0.05, 0) is 24.3 Å². The first-order chi connectivity index (χ1) is 11.7. The normalized spacial score (nSPS) is 24.2. The SMILES string of the molecule is O=C(OC1COCCO1)c1ccc(C(=O)OC2COCCO2)cc1. The third-order valence-electron chi connectivity index (χ3n) is 3.40. The van der Waals surface area contributed by atoms with Crippen molar-refractivity contribution >= 4 is 11.9 Å². The number of esters is 2. The lowest BCUT2D eigenvalue weighted by Gasteiger charge is -2.23. The molecule has 3 rings (SSSR count). The lowest BCUT2D eigenvalue weighted by molar-refractivity contribution is -0.186. The van der Waals surface area contributed by atoms with Gasteiger partial charge in [-0.2, -0.15) is 0 Å². The summed E-state index contributed by atoms with van der Waals surface area (Å²) in [5, 5.41) is 0. The summed E-state index contributed by atoms with van der Waals surface area (Å²) >= 11 is 0. The van der Waals surface area contributed by atoms with Gasteiger partial charge < -0.3 is 28.4 Å². The van der Waals surface area contributed by atoms with E-state index in [2.05, 4.69) is 0 Å². The van der Waals surface area contributed by atoms with Crippen LogP contribution in [0.2, 0.25) is 0 Å². The molecule has 0 spiro atoms. The van der Waals surface area contributed by atoms with E-state index in [4.69, 9.17) is 28.4 Å². The fourth-order valence-corrected chi connectivity index (χ4v) is 2.19. The lowest BCUT2D eigenvalue weighted by Crippen LogP contribution is -2.33. The van der Waals surface area contributed by atoms with Gasteiger partial charge in [0.25, 0.3) is 0 Å². The number of ether oxygens (including phenoxy) is 6. The van der Waals surface area contributed by atoms with Gasteiger partial charge in [-0.1, -0.05) is 0 Å². The van der Waals surface area contributed by atoms with Crippen LogP contribution < -0.4 is 0 Å². The standard InChI is InChI=1S/C16H18O8/c17-15(23-13-9-19-5-7-21-13)11-1-2-12(4-3-11)16(18)24-14-10-20-6-8-22-14/h1-4,13-14H,5-10H2. The zero-order chi connectivity index (χ0) is 16.8. The first kappa shape index (κ1) is 16.8. The molecule has 130 valence electrons. The Balaban J connectivity index is 1.53. The molecule has 2 heterocycles. The van der Waals surface area contributed by atoms with Crippen LogP contribution in [0.15, 0.2) is 24.3 Å². The van der Waals surface area contributed by atoms with Crippen LogP contribution in [0, 0.1) is 0 Å². The van der Waals surface area contributed by atoms with Gasteiger partial charge in [0.2, 0.25) is 12.6 Å². The minimum atomic E-state index is -0.709. The summed E-state index contributed by atoms with van der Waals surface area (Å²) in [7, 11) is 0. The second kappa shape index (κ2) is 8.20. The maximum atomic E-state index is 12.0. The molecule has 8 nitrogen and oxygen atoms in total. The molecular weight excluding hydrogens is 320 g/mol. The molecule has 2 aliphatic rings. The number of hydrogen-bond acceptors (Lipinski definition) is 8. The van der Waals surface area contributed by atoms with Gasteiger partial charge in [-0.25, -0.2) is 9.59 Å². The van der Waals surface area contributed by atoms with Crippen LogP contribution in [0.1, 0.15) is 20.7 Å². The van der Waals surface area contributed by atoms with Crippen molar-refractivity contribution in [3.8, 4) is 0 Å². The highest BCUT2D eigenvalue weighted by Crippen LogP contribution is 2.12. The van der Waals surface area contributed by atoms with Gasteiger partial charge in [-0.3, -0.25) is 0 Å². The van der Waals surface area contributed by atoms with Crippen LogP contribution >= 0.6 is 0 Å². The first-order valence-electron chi connectivity index (χ1n) is 7.63. The summed E-state index contributed by atoms with van der Waals surface area (Å²) < 4.78 is 31.1. The predicted octanol–water partition coefficient (Wildman–Crippen LogP) is 0.746. The summed E-state index contributed by atoms with van der Waals surface area (Å²) in [4.78, 5) is 24.0. The van der Waals surface area contributed by atoms with Gasteiger partial charge in [0.05, 0.1) is 37.6 Å². The Labute approximate surface area is 138 Å². The third kappa shape index (κ3) is 4.51. The van der Waals surface area contributed by atoms with Gasteiger partial charge in [0.1, 0.15) is 13.2 Å². The van der Waals surface area contributed by atoms with Gasteiger partial charge in [0, 0.05) is 0 Å². The third-order valence-corrected chi connectivity index (χ3v) is 3.40. The maximum absolute atomic E-state index is 12.0. The van der Waals surface area contributed by atoms with Gasteiger partial charge in [0.15, 0.2) is 0 Å². The number of benzene rings is 1. The molecule has 0 bridgehead atoms. The number of carbonyl (C=O) groups is 2. The highest BCUT2D eigenvalue weighted by Gasteiger charge is 2.22. The number of rotatable bonds is 4. The van der Waals surface area contributed by atoms with Crippen molar-refractivity contribution in [3.63, 3.8) is 0 Å². The van der Waals surface area contributed by atoms with Crippen LogP contribution in [-0.4, -0.2) is 64.2 Å². The Morgan fingerprint density at radius 1 is 0.750 bits per heavy atom. The van der Waals surface area contributed by atoms with E-state index in [0.717, 1.165) is 0 Å². The summed E-state index contributed by atoms with van der Waals surface area (Å²) in [6.45, 7) is 2.16. The smallest absolute Gasteiger partial charge is 0.340 e. The van der Waals surface area contributed by atoms with Crippen molar-refractivity contribution in [2.75, 3.05) is 39.6 Å². The topological polar surface area (TPSA) is 89.5 Å². The number of hydrogen-bond donors (Lipinski definition) is 0. The van der Waals surface area contributed by atoms with Crippen molar-refractivity contribution in [2.24, 2.45) is 0 Å². The summed E-state index contributed by atoms with van der Waals surface area (Å²) in [5.41, 5.74) is 0.607. The van der Waals surface area contributed by atoms with Gasteiger partial charge in [-0.15, -0.1) is 0 Å². The Bertz CT molecular complexity index is 507. The van der Waals surface area contributed by atoms with Crippen LogP contribution in [0.5, 0.6) is 0 Å². The lowest BCUT2D eigenvalue weighted by atomic mass is 10.1. The molecule has 2 aliphatic heterocycles. The molecule has 2 atom stereocenters. The molecule has 0 aliphatic carbocycles. The predicted molar refractivity (Wildman–Crippen MR) is 78.4 cm³/mol. The molecule has 0 amide bonds. The van der Waals surface area contributed by atoms with E-state index < -0.39 is 24.5 Å². The molecule has 8 heteroatoms. The van der Waals surface area contributed by atoms with E-state index >= 15 is 0 Å². The van der Waals surface area contributed by atoms with Crippen LogP contribution in [0.3, 0.4) is 0 Å². The summed E-state index contributed by atoms with van der Waals surface area (Å²) in [5.74, 6) is -1.09. The largest absolute Gasteiger partial charge is 0.430 e. The second-order valence-corrected chi connectivity index (χ2v) is 5.14. The Kier molecular flexibility index (Phi) is 5.76. The molecular formula is C16H18O8. The Morgan fingerprint density at radius 2 is 1.17 bits per heavy atom. The monoisotopic (exact) mass is 338 g/mol. The van der Waals surface area contributed by atoms with Crippen molar-refractivity contribution in [1.29, 1.82) is 0 Å². The van der Waals surface area contributed by atoms with E-state index in [1.807, 2.05) is 0 Å². The fraction of sp³-hybridized carbons (Fsp3) is 0.500. The number of carbonyl (C=O) groups excluding carboxylic acids is 2. The Hall–Kier alpha value is -2.00. The molecule has 2 fully saturated rings. The van der Waals surface area contributed by atoms with E-state index in [1.165, 1.54) is 24.3 Å². The molecule has 0 radical (unpaired) electrons. The first-order valence-corrected chi connectivity index (χ1v) is 7.63. The van der Waals surface area contributed by atoms with E-state index in [1.54, 1.807) is 0 Å². The van der Waals surface area contributed by atoms with Crippen LogP contribution in [0.4, 0.5) is 0 Å². The molecule has 2 unspecified atom stereocenters. The van der Waals surface area contributed by atoms with Crippen molar-refractivity contribution in [1.82, 2.24) is 0 Å². The van der Waals surface area contributed by atoms with Crippen LogP contribution in [0.25, 0.3) is 0 Å². The fourth-order valence-electron chi connectivity index (χ4n) is 2.19. The maximum Gasteiger partial charge on any atom is 0.340 e. The molecule has 1 aromatic carbocycles. The van der Waals surface area contributed by atoms with Gasteiger partial charge >= 0.3 is 11.9 Å². The molecule has 2 saturated heterocycles. The average Bonchev–Trinajstić information content (AvgIpc) is 2.63. The molecule has 1 aromatic rings. The Morgan fingerprint density at radius 3 is 1.50 bits per heavy atom. The molecule has 24 heavy (non-hydrogen) atoms. The minimum Gasteiger partial charge on any atom is -0.430 e. The highest BCUT2D eigenvalue weighted by atomic mass is 16.7. The van der Waals surface area contributed by atoms with Crippen molar-refractivity contribution in [2.45, 2.75) is 12.6 Å². The van der Waals surface area contributed by atoms with Crippen molar-refractivity contribution < 1.29 is 38.0 Å². The zero-order valence-corrected chi connectivity index (χ0v) is 13.0.